The largest absolute Gasteiger partial charge is 0.314 e. The van der Waals surface area contributed by atoms with Crippen molar-refractivity contribution in [2.75, 3.05) is 32.7 Å². The molecule has 82 valence electrons. The van der Waals surface area contributed by atoms with E-state index >= 15 is 0 Å². The summed E-state index contributed by atoms with van der Waals surface area (Å²) in [6.07, 6.45) is 8.00. The fraction of sp³-hybridized carbons (Fsp3) is 0.818. The third-order valence-corrected chi connectivity index (χ3v) is 3.09. The fourth-order valence-corrected chi connectivity index (χ4v) is 1.94. The van der Waals surface area contributed by atoms with Gasteiger partial charge in [0.05, 0.1) is 0 Å². The number of rotatable bonds is 5. The number of nitrogens with one attached hydrogen (secondary N) is 1. The second-order valence-electron chi connectivity index (χ2n) is 4.23. The predicted molar refractivity (Wildman–Crippen MR) is 59.6 cm³/mol. The summed E-state index contributed by atoms with van der Waals surface area (Å²) >= 11 is 0. The van der Waals surface area contributed by atoms with Gasteiger partial charge in [-0.2, -0.15) is 10.2 Å². The maximum absolute atomic E-state index is 5.25. The maximum atomic E-state index is 5.25. The molecular weight excluding hydrogens is 188 g/mol. The second kappa shape index (κ2) is 4.73. The van der Waals surface area contributed by atoms with Crippen LogP contribution in [0.25, 0.3) is 0 Å². The Morgan fingerprint density at radius 2 is 2.00 bits per heavy atom. The van der Waals surface area contributed by atoms with E-state index in [4.69, 9.17) is 6.42 Å². The van der Waals surface area contributed by atoms with Crippen molar-refractivity contribution < 1.29 is 0 Å². The van der Waals surface area contributed by atoms with Crippen LogP contribution in [0.2, 0.25) is 0 Å². The molecule has 0 amide bonds. The van der Waals surface area contributed by atoms with Crippen LogP contribution in [0, 0.1) is 12.3 Å². The first-order valence-electron chi connectivity index (χ1n) is 5.65. The van der Waals surface area contributed by atoms with E-state index in [-0.39, 0.29) is 5.66 Å². The Labute approximate surface area is 91.1 Å². The summed E-state index contributed by atoms with van der Waals surface area (Å²) in [4.78, 5) is 2.47. The number of hydrogen-bond acceptors (Lipinski definition) is 4. The Morgan fingerprint density at radius 3 is 2.60 bits per heavy atom. The quantitative estimate of drug-likeness (QED) is 0.678. The number of terminal acetylenes is 1. The molecule has 15 heavy (non-hydrogen) atoms. The summed E-state index contributed by atoms with van der Waals surface area (Å²) in [5.41, 5.74) is -0.1000. The third-order valence-electron chi connectivity index (χ3n) is 3.09. The standard InChI is InChI=1S/C11H18N4/c1-2-3-4-11(13-14-11)5-8-15-9-6-12-7-10-15/h1,12H,3-10H2. The summed E-state index contributed by atoms with van der Waals surface area (Å²) in [6, 6.07) is 0. The van der Waals surface area contributed by atoms with Crippen molar-refractivity contribution in [3.63, 3.8) is 0 Å². The molecule has 1 N–H and O–H groups in total. The van der Waals surface area contributed by atoms with E-state index in [2.05, 4.69) is 26.4 Å². The van der Waals surface area contributed by atoms with Crippen LogP contribution in [-0.2, 0) is 0 Å². The van der Waals surface area contributed by atoms with Crippen molar-refractivity contribution in [2.24, 2.45) is 10.2 Å². The zero-order valence-corrected chi connectivity index (χ0v) is 9.08. The number of piperazine rings is 1. The summed E-state index contributed by atoms with van der Waals surface area (Å²) in [7, 11) is 0. The van der Waals surface area contributed by atoms with Crippen LogP contribution in [0.1, 0.15) is 19.3 Å². The highest BCUT2D eigenvalue weighted by molar-refractivity contribution is 4.98. The maximum Gasteiger partial charge on any atom is 0.193 e. The molecule has 1 fully saturated rings. The van der Waals surface area contributed by atoms with Gasteiger partial charge in [-0.3, -0.25) is 0 Å². The Kier molecular flexibility index (Phi) is 3.34. The molecule has 0 radical (unpaired) electrons. The fourth-order valence-electron chi connectivity index (χ4n) is 1.94. The van der Waals surface area contributed by atoms with Gasteiger partial charge in [0.15, 0.2) is 5.66 Å². The lowest BCUT2D eigenvalue weighted by molar-refractivity contribution is 0.226. The third kappa shape index (κ3) is 3.01. The molecule has 1 saturated heterocycles. The Morgan fingerprint density at radius 1 is 1.27 bits per heavy atom. The molecule has 0 aromatic heterocycles. The first-order chi connectivity index (χ1) is 7.35. The van der Waals surface area contributed by atoms with Crippen molar-refractivity contribution in [3.8, 4) is 12.3 Å². The SMILES string of the molecule is C#CCCC1(CCN2CCNCC2)N=N1. The highest BCUT2D eigenvalue weighted by Crippen LogP contribution is 2.36. The summed E-state index contributed by atoms with van der Waals surface area (Å²) in [5.74, 6) is 2.66. The van der Waals surface area contributed by atoms with Crippen molar-refractivity contribution in [1.29, 1.82) is 0 Å². The molecule has 0 bridgehead atoms. The summed E-state index contributed by atoms with van der Waals surface area (Å²) < 4.78 is 0. The zero-order valence-electron chi connectivity index (χ0n) is 9.08. The molecule has 0 unspecified atom stereocenters. The molecule has 0 spiro atoms. The van der Waals surface area contributed by atoms with Crippen LogP contribution < -0.4 is 5.32 Å². The highest BCUT2D eigenvalue weighted by Gasteiger charge is 2.39. The minimum Gasteiger partial charge on any atom is -0.314 e. The van der Waals surface area contributed by atoms with Gasteiger partial charge in [0.25, 0.3) is 0 Å². The van der Waals surface area contributed by atoms with E-state index in [0.717, 1.165) is 52.0 Å². The Hall–Kier alpha value is -0.920. The van der Waals surface area contributed by atoms with Gasteiger partial charge in [-0.25, -0.2) is 0 Å². The first-order valence-corrected chi connectivity index (χ1v) is 5.65. The van der Waals surface area contributed by atoms with E-state index in [9.17, 15) is 0 Å². The smallest absolute Gasteiger partial charge is 0.193 e. The lowest BCUT2D eigenvalue weighted by Gasteiger charge is -2.27. The molecule has 0 aliphatic carbocycles. The minimum atomic E-state index is -0.1000. The normalized spacial score (nSPS) is 23.7. The lowest BCUT2D eigenvalue weighted by atomic mass is 10.0. The Bertz CT molecular complexity index is 267. The zero-order chi connectivity index (χ0) is 10.6. The molecular formula is C11H18N4. The average molecular weight is 206 g/mol. The van der Waals surface area contributed by atoms with Crippen molar-refractivity contribution in [1.82, 2.24) is 10.2 Å². The van der Waals surface area contributed by atoms with E-state index in [0.29, 0.717) is 0 Å². The van der Waals surface area contributed by atoms with Crippen LogP contribution in [0.4, 0.5) is 0 Å². The molecule has 2 aliphatic rings. The van der Waals surface area contributed by atoms with Gasteiger partial charge in [-0.05, 0) is 0 Å². The van der Waals surface area contributed by atoms with Gasteiger partial charge in [0, 0.05) is 52.0 Å². The van der Waals surface area contributed by atoms with Crippen LogP contribution in [-0.4, -0.2) is 43.3 Å². The van der Waals surface area contributed by atoms with Crippen LogP contribution in [0.15, 0.2) is 10.2 Å². The minimum absolute atomic E-state index is 0.1000. The van der Waals surface area contributed by atoms with Crippen molar-refractivity contribution in [2.45, 2.75) is 24.9 Å². The molecule has 0 saturated carbocycles. The van der Waals surface area contributed by atoms with Crippen molar-refractivity contribution in [3.05, 3.63) is 0 Å². The highest BCUT2D eigenvalue weighted by atomic mass is 15.4. The van der Waals surface area contributed by atoms with E-state index in [1.54, 1.807) is 0 Å². The van der Waals surface area contributed by atoms with Gasteiger partial charge in [-0.1, -0.05) is 0 Å². The molecule has 4 nitrogen and oxygen atoms in total. The molecule has 2 rings (SSSR count). The number of hydrogen-bond donors (Lipinski definition) is 1. The van der Waals surface area contributed by atoms with Crippen LogP contribution in [0.3, 0.4) is 0 Å². The predicted octanol–water partition coefficient (Wildman–Crippen LogP) is 0.857. The van der Waals surface area contributed by atoms with Gasteiger partial charge < -0.3 is 10.2 Å². The number of nitrogens with zero attached hydrogens (tertiary/aromatic N) is 3. The molecule has 2 aliphatic heterocycles. The summed E-state index contributed by atoms with van der Waals surface area (Å²) in [5, 5.41) is 11.6. The van der Waals surface area contributed by atoms with Crippen LogP contribution in [0.5, 0.6) is 0 Å². The monoisotopic (exact) mass is 206 g/mol. The molecule has 0 atom stereocenters. The molecule has 0 aromatic rings. The second-order valence-corrected chi connectivity index (χ2v) is 4.23. The van der Waals surface area contributed by atoms with E-state index < -0.39 is 0 Å². The molecule has 0 aromatic carbocycles. The lowest BCUT2D eigenvalue weighted by Crippen LogP contribution is -2.44. The van der Waals surface area contributed by atoms with Gasteiger partial charge >= 0.3 is 0 Å². The van der Waals surface area contributed by atoms with E-state index in [1.165, 1.54) is 0 Å². The summed E-state index contributed by atoms with van der Waals surface area (Å²) in [6.45, 7) is 5.59. The van der Waals surface area contributed by atoms with Gasteiger partial charge in [-0.15, -0.1) is 12.3 Å². The van der Waals surface area contributed by atoms with E-state index in [1.807, 2.05) is 0 Å². The first kappa shape index (κ1) is 10.6. The molecule has 4 heteroatoms. The van der Waals surface area contributed by atoms with Gasteiger partial charge in [0.2, 0.25) is 0 Å². The average Bonchev–Trinajstić information content (AvgIpc) is 3.06. The van der Waals surface area contributed by atoms with Crippen molar-refractivity contribution >= 4 is 0 Å². The van der Waals surface area contributed by atoms with Gasteiger partial charge in [0.1, 0.15) is 0 Å². The Balaban J connectivity index is 1.66. The van der Waals surface area contributed by atoms with Crippen LogP contribution >= 0.6 is 0 Å². The topological polar surface area (TPSA) is 40.0 Å². The molecule has 2 heterocycles.